The molecule has 1 nitrogen and oxygen atoms in total. The lowest BCUT2D eigenvalue weighted by molar-refractivity contribution is 0.473. The number of hydrogen-bond donors (Lipinski definition) is 0. The molecular formula is C27H14O. The van der Waals surface area contributed by atoms with Crippen LogP contribution in [0.2, 0.25) is 0 Å². The molecule has 0 atom stereocenters. The second kappa shape index (κ2) is 11.1. The molecule has 0 spiro atoms. The molecule has 0 fully saturated rings. The highest BCUT2D eigenvalue weighted by Crippen LogP contribution is 2.26. The van der Waals surface area contributed by atoms with Crippen LogP contribution in [0.5, 0.6) is 11.5 Å². The predicted molar refractivity (Wildman–Crippen MR) is 115 cm³/mol. The van der Waals surface area contributed by atoms with E-state index in [4.69, 9.17) is 11.2 Å². The molecule has 0 radical (unpaired) electrons. The third-order valence-electron chi connectivity index (χ3n) is 3.23. The van der Waals surface area contributed by atoms with Crippen LogP contribution >= 0.6 is 0 Å². The third kappa shape index (κ3) is 6.33. The van der Waals surface area contributed by atoms with Crippen LogP contribution in [-0.4, -0.2) is 0 Å². The van der Waals surface area contributed by atoms with Gasteiger partial charge in [-0.05, 0) is 89.6 Å². The number of para-hydroxylation sites is 1. The summed E-state index contributed by atoms with van der Waals surface area (Å²) in [4.78, 5) is 0. The van der Waals surface area contributed by atoms with Crippen molar-refractivity contribution in [1.82, 2.24) is 0 Å². The molecule has 3 rings (SSSR count). The summed E-state index contributed by atoms with van der Waals surface area (Å²) < 4.78 is 5.79. The number of rotatable bonds is 0. The third-order valence-corrected chi connectivity index (χ3v) is 3.23. The lowest BCUT2D eigenvalue weighted by Gasteiger charge is -2.14. The zero-order chi connectivity index (χ0) is 20.0. The van der Waals surface area contributed by atoms with Crippen LogP contribution < -0.4 is 15.2 Å². The van der Waals surface area contributed by atoms with Gasteiger partial charge in [0.25, 0.3) is 0 Å². The maximum absolute atomic E-state index is 5.79. The average molecular weight is 354 g/mol. The van der Waals surface area contributed by atoms with Gasteiger partial charge in [-0.1, -0.05) is 42.8 Å². The van der Waals surface area contributed by atoms with E-state index >= 15 is 0 Å². The van der Waals surface area contributed by atoms with Gasteiger partial charge in [0, 0.05) is 10.8 Å². The monoisotopic (exact) mass is 354 g/mol. The van der Waals surface area contributed by atoms with Gasteiger partial charge in [-0.25, -0.2) is 0 Å². The Bertz CT molecular complexity index is 1340. The highest BCUT2D eigenvalue weighted by Gasteiger charge is 2.08. The molecule has 0 N–H and O–H groups in total. The van der Waals surface area contributed by atoms with E-state index in [0.717, 1.165) is 27.5 Å². The molecule has 128 valence electrons. The van der Waals surface area contributed by atoms with Gasteiger partial charge >= 0.3 is 0 Å². The molecule has 0 bridgehead atoms. The number of terminal acetylenes is 1. The molecule has 0 amide bonds. The average Bonchev–Trinajstić information content (AvgIpc) is 2.71. The maximum Gasteiger partial charge on any atom is 0.135 e. The van der Waals surface area contributed by atoms with Gasteiger partial charge in [-0.2, -0.15) is 0 Å². The normalized spacial score (nSPS) is 8.14. The highest BCUT2D eigenvalue weighted by atomic mass is 16.5. The minimum Gasteiger partial charge on any atom is -0.456 e. The summed E-state index contributed by atoms with van der Waals surface area (Å²) in [6.45, 7) is 5.60. The van der Waals surface area contributed by atoms with E-state index in [0.29, 0.717) is 0 Å². The van der Waals surface area contributed by atoms with Crippen molar-refractivity contribution in [3.8, 4) is 83.0 Å². The number of hydrogen-bond acceptors (Lipinski definition) is 1. The molecule has 1 heteroatoms. The molecule has 0 saturated carbocycles. The summed E-state index contributed by atoms with van der Waals surface area (Å²) in [7, 11) is 0. The van der Waals surface area contributed by atoms with E-state index in [9.17, 15) is 0 Å². The smallest absolute Gasteiger partial charge is 0.135 e. The van der Waals surface area contributed by atoms with Crippen LogP contribution in [-0.2, 0) is 0 Å². The summed E-state index contributed by atoms with van der Waals surface area (Å²) in [5, 5.41) is 2.09. The largest absolute Gasteiger partial charge is 0.456 e. The van der Waals surface area contributed by atoms with E-state index in [1.54, 1.807) is 6.92 Å². The minimum absolute atomic E-state index is 0.890. The van der Waals surface area contributed by atoms with Crippen molar-refractivity contribution in [3.05, 3.63) is 58.5 Å². The Morgan fingerprint density at radius 2 is 1.43 bits per heavy atom. The Morgan fingerprint density at radius 3 is 2.11 bits per heavy atom. The quantitative estimate of drug-likeness (QED) is 0.564. The first kappa shape index (κ1) is 19.7. The van der Waals surface area contributed by atoms with Crippen molar-refractivity contribution in [2.45, 2.75) is 6.92 Å². The fourth-order valence-corrected chi connectivity index (χ4v) is 2.08. The molecule has 2 aromatic rings. The van der Waals surface area contributed by atoms with Gasteiger partial charge in [-0.15, -0.1) is 6.42 Å². The van der Waals surface area contributed by atoms with Gasteiger partial charge in [0.05, 0.1) is 0 Å². The van der Waals surface area contributed by atoms with Crippen LogP contribution in [0, 0.1) is 71.5 Å². The Kier molecular flexibility index (Phi) is 7.76. The van der Waals surface area contributed by atoms with Crippen LogP contribution in [0.3, 0.4) is 0 Å². The van der Waals surface area contributed by atoms with Crippen LogP contribution in [0.15, 0.2) is 42.5 Å². The molecule has 0 unspecified atom stereocenters. The Labute approximate surface area is 166 Å². The molecule has 1 aliphatic rings. The van der Waals surface area contributed by atoms with E-state index in [2.05, 4.69) is 83.8 Å². The summed E-state index contributed by atoms with van der Waals surface area (Å²) in [5.74, 6) is 28.7. The molecular weight excluding hydrogens is 340 g/mol. The van der Waals surface area contributed by atoms with Crippen LogP contribution in [0.4, 0.5) is 0 Å². The first-order chi connectivity index (χ1) is 13.7. The van der Waals surface area contributed by atoms with Gasteiger partial charge < -0.3 is 4.74 Å². The lowest BCUT2D eigenvalue weighted by atomic mass is 10.1. The van der Waals surface area contributed by atoms with Gasteiger partial charge in [0.1, 0.15) is 11.5 Å². The molecule has 1 aliphatic heterocycles. The zero-order valence-corrected chi connectivity index (χ0v) is 15.3. The second-order valence-corrected chi connectivity index (χ2v) is 5.18. The van der Waals surface area contributed by atoms with Crippen LogP contribution in [0.1, 0.15) is 12.5 Å². The molecule has 28 heavy (non-hydrogen) atoms. The van der Waals surface area contributed by atoms with Crippen molar-refractivity contribution in [2.75, 3.05) is 0 Å². The number of fused-ring (bicyclic) bond motifs is 2. The fourth-order valence-electron chi connectivity index (χ4n) is 2.08. The standard InChI is InChI=1S/C14H10O.C13H4/c1-10-6-7-12-9-11-4-2-3-5-13(11)15-14(12)8-10;1-3-5-7-9-11-13-12-10-8-6-4-2/h2-9H,1H2;1H,2H3. The first-order valence-electron chi connectivity index (χ1n) is 8.19. The van der Waals surface area contributed by atoms with Gasteiger partial charge in [0.2, 0.25) is 0 Å². The van der Waals surface area contributed by atoms with Crippen molar-refractivity contribution in [3.63, 3.8) is 0 Å². The lowest BCUT2D eigenvalue weighted by Crippen LogP contribution is -2.14. The summed E-state index contributed by atoms with van der Waals surface area (Å²) >= 11 is 0. The predicted octanol–water partition coefficient (Wildman–Crippen LogP) is 2.69. The minimum atomic E-state index is 0.890. The fraction of sp³-hybridized carbons (Fsp3) is 0.0370. The molecule has 2 aromatic carbocycles. The number of benzene rings is 2. The summed E-state index contributed by atoms with van der Waals surface area (Å²) in [6, 6.07) is 14.0. The Morgan fingerprint density at radius 1 is 0.786 bits per heavy atom. The number of ether oxygens (including phenoxy) is 1. The van der Waals surface area contributed by atoms with Crippen molar-refractivity contribution in [2.24, 2.45) is 0 Å². The topological polar surface area (TPSA) is 9.23 Å². The summed E-state index contributed by atoms with van der Waals surface area (Å²) in [5.41, 5.74) is 1.13. The van der Waals surface area contributed by atoms with E-state index < -0.39 is 0 Å². The van der Waals surface area contributed by atoms with Crippen molar-refractivity contribution >= 4 is 12.7 Å². The SMILES string of the molecule is C#CC#CC#CC#CC#CC#CC.C=c1ccc2c(c1)Oc1ccccc1C=2. The van der Waals surface area contributed by atoms with Crippen molar-refractivity contribution < 1.29 is 4.74 Å². The van der Waals surface area contributed by atoms with E-state index in [-0.39, 0.29) is 0 Å². The Balaban J connectivity index is 0.000000204. The second-order valence-electron chi connectivity index (χ2n) is 5.18. The van der Waals surface area contributed by atoms with Crippen molar-refractivity contribution in [1.29, 1.82) is 0 Å². The van der Waals surface area contributed by atoms with Gasteiger partial charge in [-0.3, -0.25) is 0 Å². The molecule has 0 aliphatic carbocycles. The van der Waals surface area contributed by atoms with E-state index in [1.807, 2.05) is 36.4 Å². The summed E-state index contributed by atoms with van der Waals surface area (Å²) in [6.07, 6.45) is 6.99. The van der Waals surface area contributed by atoms with Crippen LogP contribution in [0.25, 0.3) is 12.7 Å². The molecule has 1 heterocycles. The molecule has 0 saturated heterocycles. The first-order valence-corrected chi connectivity index (χ1v) is 8.19. The van der Waals surface area contributed by atoms with E-state index in [1.165, 1.54) is 0 Å². The maximum atomic E-state index is 5.79. The molecule has 0 aromatic heterocycles. The zero-order valence-electron chi connectivity index (χ0n) is 15.3. The highest BCUT2D eigenvalue weighted by molar-refractivity contribution is 5.62. The van der Waals surface area contributed by atoms with Gasteiger partial charge in [0.15, 0.2) is 0 Å². The Hall–Kier alpha value is -4.66.